The molecule has 0 aromatic heterocycles. The van der Waals surface area contributed by atoms with Gasteiger partial charge < -0.3 is 33.6 Å². The van der Waals surface area contributed by atoms with E-state index in [4.69, 9.17) is 37.4 Å². The number of hydrogen-bond acceptors (Lipinski definition) is 10. The van der Waals surface area contributed by atoms with Gasteiger partial charge in [-0.15, -0.1) is 24.8 Å². The zero-order valence-electron chi connectivity index (χ0n) is 42.0. The highest BCUT2D eigenvalue weighted by atomic mass is 35.5. The number of amides is 3. The van der Waals surface area contributed by atoms with E-state index >= 15 is 0 Å². The van der Waals surface area contributed by atoms with Crippen molar-refractivity contribution in [3.05, 3.63) is 95.0 Å². The number of halogens is 4. The fourth-order valence-corrected chi connectivity index (χ4v) is 9.62. The maximum absolute atomic E-state index is 13.0. The van der Waals surface area contributed by atoms with Crippen molar-refractivity contribution in [3.63, 3.8) is 0 Å². The Morgan fingerprint density at radius 2 is 1.07 bits per heavy atom. The van der Waals surface area contributed by atoms with Gasteiger partial charge in [-0.2, -0.15) is 0 Å². The van der Waals surface area contributed by atoms with E-state index in [0.29, 0.717) is 49.4 Å². The molecule has 0 aliphatic carbocycles. The number of piperazine rings is 1. The summed E-state index contributed by atoms with van der Waals surface area (Å²) in [6.07, 6.45) is 10.7. The van der Waals surface area contributed by atoms with Crippen LogP contribution in [0.3, 0.4) is 0 Å². The fourth-order valence-electron chi connectivity index (χ4n) is 9.37. The molecule has 0 saturated carbocycles. The topological polar surface area (TPSA) is 121 Å². The van der Waals surface area contributed by atoms with Crippen LogP contribution in [0.4, 0.5) is 14.4 Å². The molecule has 4 saturated heterocycles. The van der Waals surface area contributed by atoms with Crippen LogP contribution in [-0.2, 0) is 36.6 Å². The summed E-state index contributed by atoms with van der Waals surface area (Å²) in [7, 11) is 0. The van der Waals surface area contributed by atoms with Gasteiger partial charge in [0.15, 0.2) is 0 Å². The van der Waals surface area contributed by atoms with Gasteiger partial charge in [0.1, 0.15) is 18.8 Å². The molecular weight excluding hydrogens is 964 g/mol. The van der Waals surface area contributed by atoms with Crippen molar-refractivity contribution in [1.82, 2.24) is 24.5 Å². The van der Waals surface area contributed by atoms with E-state index in [0.717, 1.165) is 75.6 Å². The smallest absolute Gasteiger partial charge is 0.410 e. The van der Waals surface area contributed by atoms with Gasteiger partial charge in [0.2, 0.25) is 0 Å². The molecule has 6 rings (SSSR count). The Morgan fingerprint density at radius 1 is 0.638 bits per heavy atom. The van der Waals surface area contributed by atoms with Crippen LogP contribution in [0.15, 0.2) is 73.8 Å². The lowest BCUT2D eigenvalue weighted by molar-refractivity contribution is -0.140. The molecule has 69 heavy (non-hydrogen) atoms. The Bertz CT molecular complexity index is 1870. The normalized spacial score (nSPS) is 21.3. The van der Waals surface area contributed by atoms with Crippen LogP contribution >= 0.6 is 48.0 Å². The van der Waals surface area contributed by atoms with Crippen molar-refractivity contribution in [2.45, 2.75) is 136 Å². The van der Waals surface area contributed by atoms with Crippen LogP contribution in [0.5, 0.6) is 0 Å². The average Bonchev–Trinajstić information content (AvgIpc) is 3.29. The molecule has 13 nitrogen and oxygen atoms in total. The number of nitrogens with zero attached hydrogens (tertiary/aromatic N) is 5. The highest BCUT2D eigenvalue weighted by molar-refractivity contribution is 6.30. The van der Waals surface area contributed by atoms with Crippen molar-refractivity contribution in [2.24, 2.45) is 5.92 Å². The summed E-state index contributed by atoms with van der Waals surface area (Å²) in [5.41, 5.74) is 2.00. The van der Waals surface area contributed by atoms with Gasteiger partial charge in [-0.05, 0) is 127 Å². The van der Waals surface area contributed by atoms with Crippen LogP contribution in [0.1, 0.15) is 98.1 Å². The molecule has 4 aliphatic rings. The van der Waals surface area contributed by atoms with Crippen molar-refractivity contribution in [3.8, 4) is 0 Å². The second-order valence-electron chi connectivity index (χ2n) is 19.1. The van der Waals surface area contributed by atoms with E-state index < -0.39 is 5.60 Å². The van der Waals surface area contributed by atoms with E-state index in [9.17, 15) is 19.2 Å². The Morgan fingerprint density at radius 3 is 1.46 bits per heavy atom. The molecule has 2 aromatic rings. The number of hydrogen-bond donors (Lipinski definition) is 0. The lowest BCUT2D eigenvalue weighted by Gasteiger charge is -2.50. The van der Waals surface area contributed by atoms with Crippen LogP contribution in [0.2, 0.25) is 10.0 Å². The molecule has 4 aliphatic heterocycles. The minimum absolute atomic E-state index is 0. The summed E-state index contributed by atoms with van der Waals surface area (Å²) >= 11 is 12.1. The summed E-state index contributed by atoms with van der Waals surface area (Å²) < 4.78 is 20.5. The Kier molecular flexibility index (Phi) is 27.5. The molecule has 0 spiro atoms. The van der Waals surface area contributed by atoms with E-state index in [1.165, 1.54) is 30.9 Å². The summed E-state index contributed by atoms with van der Waals surface area (Å²) in [6.45, 7) is 26.9. The van der Waals surface area contributed by atoms with Crippen molar-refractivity contribution in [1.29, 1.82) is 0 Å². The lowest BCUT2D eigenvalue weighted by Crippen LogP contribution is -2.63. The number of carbonyl (C=O) groups excluding carboxylic acids is 4. The first-order valence-corrected chi connectivity index (χ1v) is 24.8. The molecule has 4 heterocycles. The second-order valence-corrected chi connectivity index (χ2v) is 20.0. The number of rotatable bonds is 11. The van der Waals surface area contributed by atoms with Gasteiger partial charge in [0.05, 0.1) is 6.61 Å². The fraction of sp³-hybridized carbons (Fsp3) is 0.615. The summed E-state index contributed by atoms with van der Waals surface area (Å²) in [5, 5.41) is 1.51. The second kappa shape index (κ2) is 30.9. The zero-order valence-corrected chi connectivity index (χ0v) is 45.1. The molecule has 4 fully saturated rings. The number of carbonyl (C=O) groups is 4. The quantitative estimate of drug-likeness (QED) is 0.122. The van der Waals surface area contributed by atoms with Gasteiger partial charge >= 0.3 is 24.2 Å². The standard InChI is InChI=1S/C26H38ClN3O4.C22H31ClN2O2.C4H8O2.2ClH/c1-6-15-33-24(31)28-13-11-22(12-14-28)30-17-19(2)29(25(32)34-26(3,4)5)18-23(30)16-20-7-9-21(27)10-8-20;1-3-14-27-22(26)24-12-10-20(11-13-24)25-16-17(2)4-9-21(25)15-18-5-7-19(23)8-6-18;1-3-6-4(2)5;;/h6-10,19,22-23H,1,11-18H2,2-5H3;3,5-8,17,20-21H,1,4,9-16H2,2H3;3H2,1-2H3;2*1H/t19-,23-;17-,21-;;;/m01.../s1. The Balaban J connectivity index is 0.000000420. The number of ether oxygens (including phenoxy) is 4. The maximum atomic E-state index is 13.0. The third-order valence-electron chi connectivity index (χ3n) is 12.6. The number of benzene rings is 2. The van der Waals surface area contributed by atoms with Gasteiger partial charge in [0, 0.05) is 93.0 Å². The largest absolute Gasteiger partial charge is 0.466 e. The lowest BCUT2D eigenvalue weighted by atomic mass is 9.87. The third kappa shape index (κ3) is 20.9. The van der Waals surface area contributed by atoms with Crippen LogP contribution in [0, 0.1) is 5.92 Å². The zero-order chi connectivity index (χ0) is 49.1. The highest BCUT2D eigenvalue weighted by Gasteiger charge is 2.41. The molecule has 4 atom stereocenters. The number of likely N-dealkylation sites (tertiary alicyclic amines) is 3. The van der Waals surface area contributed by atoms with Crippen LogP contribution in [-0.4, -0.2) is 150 Å². The third-order valence-corrected chi connectivity index (χ3v) is 13.1. The average molecular weight is 1040 g/mol. The molecule has 17 heteroatoms. The molecule has 0 N–H and O–H groups in total. The highest BCUT2D eigenvalue weighted by Crippen LogP contribution is 2.31. The van der Waals surface area contributed by atoms with Crippen molar-refractivity contribution >= 4 is 72.3 Å². The maximum Gasteiger partial charge on any atom is 0.410 e. The molecule has 388 valence electrons. The Labute approximate surface area is 435 Å². The minimum Gasteiger partial charge on any atom is -0.466 e. The van der Waals surface area contributed by atoms with E-state index in [1.54, 1.807) is 24.0 Å². The predicted molar refractivity (Wildman–Crippen MR) is 281 cm³/mol. The van der Waals surface area contributed by atoms with Gasteiger partial charge in [-0.3, -0.25) is 14.6 Å². The van der Waals surface area contributed by atoms with Gasteiger partial charge in [-0.25, -0.2) is 14.4 Å². The van der Waals surface area contributed by atoms with Gasteiger partial charge in [-0.1, -0.05) is 79.7 Å². The molecule has 0 bridgehead atoms. The summed E-state index contributed by atoms with van der Waals surface area (Å²) in [4.78, 5) is 57.8. The summed E-state index contributed by atoms with van der Waals surface area (Å²) in [5.74, 6) is 0.527. The first-order valence-electron chi connectivity index (χ1n) is 24.1. The first kappa shape index (κ1) is 61.4. The van der Waals surface area contributed by atoms with Crippen molar-refractivity contribution in [2.75, 3.05) is 65.6 Å². The minimum atomic E-state index is -0.535. The molecule has 0 unspecified atom stereocenters. The van der Waals surface area contributed by atoms with Crippen LogP contribution < -0.4 is 0 Å². The SMILES string of the molecule is C=CCOC(=O)N1CCC(N2C[C@H](C)CC[C@@H]2Cc2ccc(Cl)cc2)CC1.C=CCOC(=O)N1CCC(N2C[C@H](C)N(C(=O)OC(C)(C)C)C[C@@H]2Cc2ccc(Cl)cc2)CC1.CCOC(C)=O.Cl.Cl. The van der Waals surface area contributed by atoms with Crippen molar-refractivity contribution < 1.29 is 38.1 Å². The molecule has 3 amide bonds. The van der Waals surface area contributed by atoms with Crippen LogP contribution in [0.25, 0.3) is 0 Å². The van der Waals surface area contributed by atoms with E-state index in [2.05, 4.69) is 65.8 Å². The molecular formula is C52H79Cl4N5O8. The molecule has 0 radical (unpaired) electrons. The predicted octanol–water partition coefficient (Wildman–Crippen LogP) is 11.2. The number of piperidine rings is 3. The van der Waals surface area contributed by atoms with E-state index in [-0.39, 0.29) is 74.4 Å². The molecule has 2 aromatic carbocycles. The van der Waals surface area contributed by atoms with Gasteiger partial charge in [0.25, 0.3) is 0 Å². The first-order chi connectivity index (χ1) is 31.9. The Hall–Kier alpha value is -3.72. The monoisotopic (exact) mass is 1040 g/mol. The van der Waals surface area contributed by atoms with E-state index in [1.807, 2.05) is 54.8 Å². The summed E-state index contributed by atoms with van der Waals surface area (Å²) in [6, 6.07) is 17.8. The number of esters is 1.